The molecule has 2 aromatic rings. The minimum absolute atomic E-state index is 0.154. The van der Waals surface area contributed by atoms with Crippen molar-refractivity contribution >= 4 is 17.5 Å². The highest BCUT2D eigenvalue weighted by Gasteiger charge is 2.58. The Morgan fingerprint density at radius 3 is 2.67 bits per heavy atom. The summed E-state index contributed by atoms with van der Waals surface area (Å²) in [6.07, 6.45) is 7.59. The van der Waals surface area contributed by atoms with Crippen molar-refractivity contribution < 1.29 is 4.79 Å². The normalized spacial score (nSPS) is 27.1. The number of nitrogens with zero attached hydrogens (tertiary/aromatic N) is 4. The van der Waals surface area contributed by atoms with Gasteiger partial charge in [0.2, 0.25) is 5.91 Å². The minimum Gasteiger partial charge on any atom is -0.342 e. The van der Waals surface area contributed by atoms with Gasteiger partial charge in [-0.1, -0.05) is 23.7 Å². The van der Waals surface area contributed by atoms with Crippen molar-refractivity contribution in [1.82, 2.24) is 19.4 Å². The quantitative estimate of drug-likeness (QED) is 0.689. The molecule has 0 radical (unpaired) electrons. The summed E-state index contributed by atoms with van der Waals surface area (Å²) in [4.78, 5) is 23.1. The van der Waals surface area contributed by atoms with Crippen LogP contribution in [0.3, 0.4) is 0 Å². The maximum absolute atomic E-state index is 13.7. The first-order chi connectivity index (χ1) is 14.4. The predicted octanol–water partition coefficient (Wildman–Crippen LogP) is 4.35. The minimum atomic E-state index is -0.336. The highest BCUT2D eigenvalue weighted by molar-refractivity contribution is 6.30. The second kappa shape index (κ2) is 7.69. The molecule has 1 saturated carbocycles. The summed E-state index contributed by atoms with van der Waals surface area (Å²) in [5, 5.41) is 0.760. The van der Waals surface area contributed by atoms with Crippen LogP contribution in [0.1, 0.15) is 56.3 Å². The van der Waals surface area contributed by atoms with Crippen LogP contribution >= 0.6 is 11.6 Å². The van der Waals surface area contributed by atoms with Gasteiger partial charge in [0.15, 0.2) is 0 Å². The third kappa shape index (κ3) is 3.67. The number of aromatic nitrogens is 2. The van der Waals surface area contributed by atoms with Gasteiger partial charge < -0.3 is 9.47 Å². The number of hydrogen-bond donors (Lipinski definition) is 0. The van der Waals surface area contributed by atoms with E-state index in [0.29, 0.717) is 11.9 Å². The molecule has 2 saturated heterocycles. The number of rotatable bonds is 6. The molecular formula is C24H31ClN4O. The van der Waals surface area contributed by atoms with Gasteiger partial charge in [-0.05, 0) is 56.7 Å². The molecule has 5 nitrogen and oxygen atoms in total. The Morgan fingerprint density at radius 1 is 1.23 bits per heavy atom. The van der Waals surface area contributed by atoms with Gasteiger partial charge in [-0.2, -0.15) is 0 Å². The van der Waals surface area contributed by atoms with Gasteiger partial charge >= 0.3 is 0 Å². The number of carbonyl (C=O) groups is 1. The molecule has 160 valence electrons. The maximum atomic E-state index is 13.7. The Labute approximate surface area is 184 Å². The van der Waals surface area contributed by atoms with Crippen molar-refractivity contribution in [1.29, 1.82) is 0 Å². The van der Waals surface area contributed by atoms with Crippen LogP contribution in [-0.4, -0.2) is 51.4 Å². The lowest BCUT2D eigenvalue weighted by Crippen LogP contribution is -2.40. The summed E-state index contributed by atoms with van der Waals surface area (Å²) in [5.41, 5.74) is 1.98. The zero-order valence-electron chi connectivity index (χ0n) is 17.9. The zero-order chi connectivity index (χ0) is 20.9. The molecule has 3 fully saturated rings. The SMILES string of the molecule is CC(C)n1cnc([C@H]2CN(Cc3ccc(Cl)cc3)C[C@]23CCN(CC2CC2)C3=O)c1. The Balaban J connectivity index is 1.42. The summed E-state index contributed by atoms with van der Waals surface area (Å²) in [6, 6.07) is 8.45. The van der Waals surface area contributed by atoms with E-state index in [-0.39, 0.29) is 11.3 Å². The Morgan fingerprint density at radius 2 is 2.00 bits per heavy atom. The third-order valence-electron chi connectivity index (χ3n) is 7.22. The highest BCUT2D eigenvalue weighted by atomic mass is 35.5. The van der Waals surface area contributed by atoms with Gasteiger partial charge in [0, 0.05) is 55.9 Å². The number of halogens is 1. The fourth-order valence-corrected chi connectivity index (χ4v) is 5.41. The number of amides is 1. The van der Waals surface area contributed by atoms with E-state index in [9.17, 15) is 4.79 Å². The summed E-state index contributed by atoms with van der Waals surface area (Å²) in [7, 11) is 0. The maximum Gasteiger partial charge on any atom is 0.230 e. The van der Waals surface area contributed by atoms with Crippen molar-refractivity contribution in [3.05, 3.63) is 53.1 Å². The first kappa shape index (κ1) is 20.1. The van der Waals surface area contributed by atoms with Crippen LogP contribution in [0, 0.1) is 11.3 Å². The van der Waals surface area contributed by atoms with E-state index >= 15 is 0 Å². The van der Waals surface area contributed by atoms with Crippen molar-refractivity contribution in [2.75, 3.05) is 26.2 Å². The lowest BCUT2D eigenvalue weighted by molar-refractivity contribution is -0.136. The first-order valence-corrected chi connectivity index (χ1v) is 11.6. The van der Waals surface area contributed by atoms with E-state index in [4.69, 9.17) is 16.6 Å². The van der Waals surface area contributed by atoms with E-state index < -0.39 is 0 Å². The first-order valence-electron chi connectivity index (χ1n) is 11.2. The van der Waals surface area contributed by atoms with Crippen LogP contribution in [0.15, 0.2) is 36.8 Å². The average molecular weight is 427 g/mol. The average Bonchev–Trinajstić information content (AvgIpc) is 3.15. The molecule has 1 amide bonds. The van der Waals surface area contributed by atoms with E-state index in [0.717, 1.165) is 55.8 Å². The smallest absolute Gasteiger partial charge is 0.230 e. The molecule has 0 N–H and O–H groups in total. The highest BCUT2D eigenvalue weighted by Crippen LogP contribution is 2.50. The topological polar surface area (TPSA) is 41.4 Å². The largest absolute Gasteiger partial charge is 0.342 e. The Bertz CT molecular complexity index is 920. The lowest BCUT2D eigenvalue weighted by Gasteiger charge is -2.28. The Hall–Kier alpha value is -1.85. The van der Waals surface area contributed by atoms with Gasteiger partial charge in [0.1, 0.15) is 0 Å². The number of benzene rings is 1. The van der Waals surface area contributed by atoms with Gasteiger partial charge in [-0.3, -0.25) is 9.69 Å². The molecule has 1 aromatic carbocycles. The van der Waals surface area contributed by atoms with Crippen molar-refractivity contribution in [2.24, 2.45) is 11.3 Å². The number of carbonyl (C=O) groups excluding carboxylic acids is 1. The molecular weight excluding hydrogens is 396 g/mol. The van der Waals surface area contributed by atoms with E-state index in [1.165, 1.54) is 18.4 Å². The molecule has 1 aliphatic carbocycles. The second-order valence-corrected chi connectivity index (χ2v) is 10.2. The standard InChI is InChI=1S/C24H31ClN4O/c1-17(2)29-14-22(26-16-29)21-13-27(11-18-5-7-20(25)8-6-18)15-24(21)9-10-28(23(24)30)12-19-3-4-19/h5-8,14,16-17,19,21H,3-4,9-13,15H2,1-2H3/t21-,24-/m1/s1. The van der Waals surface area contributed by atoms with Crippen molar-refractivity contribution in [2.45, 2.75) is 51.6 Å². The molecule has 30 heavy (non-hydrogen) atoms. The number of likely N-dealkylation sites (tertiary alicyclic amines) is 2. The third-order valence-corrected chi connectivity index (χ3v) is 7.48. The van der Waals surface area contributed by atoms with E-state index in [1.807, 2.05) is 18.5 Å². The summed E-state index contributed by atoms with van der Waals surface area (Å²) in [5.74, 6) is 1.24. The van der Waals surface area contributed by atoms with Crippen LogP contribution in [-0.2, 0) is 11.3 Å². The van der Waals surface area contributed by atoms with Crippen molar-refractivity contribution in [3.63, 3.8) is 0 Å². The van der Waals surface area contributed by atoms with Crippen LogP contribution in [0.5, 0.6) is 0 Å². The Kier molecular flexibility index (Phi) is 5.14. The van der Waals surface area contributed by atoms with E-state index in [1.54, 1.807) is 0 Å². The van der Waals surface area contributed by atoms with Crippen molar-refractivity contribution in [3.8, 4) is 0 Å². The lowest BCUT2D eigenvalue weighted by atomic mass is 9.75. The second-order valence-electron chi connectivity index (χ2n) is 9.79. The van der Waals surface area contributed by atoms with Crippen LogP contribution < -0.4 is 0 Å². The fourth-order valence-electron chi connectivity index (χ4n) is 5.28. The predicted molar refractivity (Wildman–Crippen MR) is 118 cm³/mol. The summed E-state index contributed by atoms with van der Waals surface area (Å²) >= 11 is 6.07. The van der Waals surface area contributed by atoms with E-state index in [2.05, 4.69) is 46.5 Å². The molecule has 0 bridgehead atoms. The number of hydrogen-bond acceptors (Lipinski definition) is 3. The van der Waals surface area contributed by atoms with Crippen LogP contribution in [0.4, 0.5) is 0 Å². The molecule has 3 aliphatic rings. The van der Waals surface area contributed by atoms with Crippen LogP contribution in [0.25, 0.3) is 0 Å². The molecule has 2 aliphatic heterocycles. The monoisotopic (exact) mass is 426 g/mol. The molecule has 2 atom stereocenters. The molecule has 1 aromatic heterocycles. The molecule has 1 spiro atoms. The number of imidazole rings is 1. The summed E-state index contributed by atoms with van der Waals surface area (Å²) < 4.78 is 2.16. The zero-order valence-corrected chi connectivity index (χ0v) is 18.7. The molecule has 0 unspecified atom stereocenters. The molecule has 5 rings (SSSR count). The summed E-state index contributed by atoms with van der Waals surface area (Å²) in [6.45, 7) is 8.71. The van der Waals surface area contributed by atoms with Gasteiger partial charge in [0.25, 0.3) is 0 Å². The molecule has 6 heteroatoms. The van der Waals surface area contributed by atoms with Gasteiger partial charge in [0.05, 0.1) is 17.4 Å². The van der Waals surface area contributed by atoms with Crippen LogP contribution in [0.2, 0.25) is 5.02 Å². The molecule has 3 heterocycles. The fraction of sp³-hybridized carbons (Fsp3) is 0.583. The van der Waals surface area contributed by atoms with Gasteiger partial charge in [-0.15, -0.1) is 0 Å². The van der Waals surface area contributed by atoms with Gasteiger partial charge in [-0.25, -0.2) is 4.98 Å².